The molecular formula is C13H15ClO4. The zero-order valence-electron chi connectivity index (χ0n) is 10.1. The minimum absolute atomic E-state index is 0.0273. The molecule has 0 aliphatic heterocycles. The van der Waals surface area contributed by atoms with Crippen molar-refractivity contribution in [2.45, 2.75) is 19.8 Å². The average molecular weight is 271 g/mol. The maximum absolute atomic E-state index is 11.6. The highest BCUT2D eigenvalue weighted by Crippen LogP contribution is 2.15. The van der Waals surface area contributed by atoms with Crippen LogP contribution >= 0.6 is 11.6 Å². The van der Waals surface area contributed by atoms with E-state index >= 15 is 0 Å². The molecular weight excluding hydrogens is 256 g/mol. The van der Waals surface area contributed by atoms with Crippen molar-refractivity contribution in [3.8, 4) is 0 Å². The van der Waals surface area contributed by atoms with Gasteiger partial charge in [-0.2, -0.15) is 0 Å². The number of carbonyl (C=O) groups is 2. The summed E-state index contributed by atoms with van der Waals surface area (Å²) in [5.74, 6) is -1.23. The Morgan fingerprint density at radius 1 is 1.33 bits per heavy atom. The average Bonchev–Trinajstić information content (AvgIpc) is 2.36. The Labute approximate surface area is 111 Å². The second-order valence-electron chi connectivity index (χ2n) is 3.70. The summed E-state index contributed by atoms with van der Waals surface area (Å²) < 4.78 is 4.82. The minimum Gasteiger partial charge on any atom is -0.478 e. The van der Waals surface area contributed by atoms with Crippen LogP contribution in [0, 0.1) is 0 Å². The third-order valence-corrected chi connectivity index (χ3v) is 2.68. The summed E-state index contributed by atoms with van der Waals surface area (Å²) in [5, 5.41) is 9.10. The third kappa shape index (κ3) is 3.74. The van der Waals surface area contributed by atoms with Crippen LogP contribution in [0.3, 0.4) is 0 Å². The molecule has 0 unspecified atom stereocenters. The van der Waals surface area contributed by atoms with E-state index in [0.717, 1.165) is 12.0 Å². The number of halogens is 1. The van der Waals surface area contributed by atoms with Gasteiger partial charge in [-0.15, -0.1) is 11.6 Å². The number of aromatic carboxylic acids is 1. The van der Waals surface area contributed by atoms with Gasteiger partial charge in [0, 0.05) is 5.88 Å². The molecule has 98 valence electrons. The van der Waals surface area contributed by atoms with Gasteiger partial charge in [-0.25, -0.2) is 9.59 Å². The quantitative estimate of drug-likeness (QED) is 0.638. The fraction of sp³-hybridized carbons (Fsp3) is 0.385. The topological polar surface area (TPSA) is 63.6 Å². The maximum atomic E-state index is 11.6. The van der Waals surface area contributed by atoms with E-state index in [1.807, 2.05) is 0 Å². The van der Waals surface area contributed by atoms with Crippen LogP contribution in [0.1, 0.15) is 39.6 Å². The Bertz CT molecular complexity index is 443. The molecule has 0 aromatic heterocycles. The Kier molecular flexibility index (Phi) is 5.65. The second kappa shape index (κ2) is 7.01. The highest BCUT2D eigenvalue weighted by atomic mass is 35.5. The fourth-order valence-electron chi connectivity index (χ4n) is 1.58. The molecule has 1 N–H and O–H groups in total. The van der Waals surface area contributed by atoms with E-state index in [9.17, 15) is 9.59 Å². The lowest BCUT2D eigenvalue weighted by molar-refractivity contribution is 0.0514. The number of alkyl halides is 1. The molecule has 18 heavy (non-hydrogen) atoms. The summed E-state index contributed by atoms with van der Waals surface area (Å²) in [6.45, 7) is 1.89. The van der Waals surface area contributed by atoms with Crippen molar-refractivity contribution in [1.29, 1.82) is 0 Å². The van der Waals surface area contributed by atoms with Crippen LogP contribution in [0.25, 0.3) is 0 Å². The number of carbonyl (C=O) groups excluding carboxylic acids is 1. The number of hydrogen-bond acceptors (Lipinski definition) is 3. The van der Waals surface area contributed by atoms with Crippen molar-refractivity contribution in [2.75, 3.05) is 12.5 Å². The summed E-state index contributed by atoms with van der Waals surface area (Å²) in [6.07, 6.45) is 1.45. The van der Waals surface area contributed by atoms with Crippen LogP contribution in [0.15, 0.2) is 18.2 Å². The third-order valence-electron chi connectivity index (χ3n) is 2.41. The predicted octanol–water partition coefficient (Wildman–Crippen LogP) is 2.73. The van der Waals surface area contributed by atoms with Crippen molar-refractivity contribution in [3.63, 3.8) is 0 Å². The first-order valence-electron chi connectivity index (χ1n) is 5.69. The molecule has 1 aromatic rings. The summed E-state index contributed by atoms with van der Waals surface area (Å²) in [6, 6.07) is 4.72. The SMILES string of the molecule is CCOC(=O)c1ccc(CCCCl)cc1C(=O)O. The Balaban J connectivity index is 3.04. The van der Waals surface area contributed by atoms with Gasteiger partial charge in [0.05, 0.1) is 17.7 Å². The zero-order valence-corrected chi connectivity index (χ0v) is 10.9. The van der Waals surface area contributed by atoms with Gasteiger partial charge in [-0.1, -0.05) is 6.07 Å². The van der Waals surface area contributed by atoms with Crippen LogP contribution in [-0.4, -0.2) is 29.5 Å². The fourth-order valence-corrected chi connectivity index (χ4v) is 1.72. The number of ether oxygens (including phenoxy) is 1. The number of benzene rings is 1. The van der Waals surface area contributed by atoms with Crippen LogP contribution in [0.4, 0.5) is 0 Å². The van der Waals surface area contributed by atoms with Gasteiger partial charge in [-0.05, 0) is 37.5 Å². The van der Waals surface area contributed by atoms with Gasteiger partial charge in [0.1, 0.15) is 0 Å². The normalized spacial score (nSPS) is 10.1. The Morgan fingerprint density at radius 2 is 2.06 bits per heavy atom. The van der Waals surface area contributed by atoms with Crippen LogP contribution < -0.4 is 0 Å². The molecule has 0 spiro atoms. The summed E-state index contributed by atoms with van der Waals surface area (Å²) in [5.41, 5.74) is 0.903. The molecule has 0 radical (unpaired) electrons. The van der Waals surface area contributed by atoms with E-state index < -0.39 is 11.9 Å². The largest absolute Gasteiger partial charge is 0.478 e. The van der Waals surface area contributed by atoms with Crippen molar-refractivity contribution < 1.29 is 19.4 Å². The van der Waals surface area contributed by atoms with Gasteiger partial charge >= 0.3 is 11.9 Å². The van der Waals surface area contributed by atoms with E-state index in [1.54, 1.807) is 13.0 Å². The lowest BCUT2D eigenvalue weighted by Gasteiger charge is -2.08. The number of rotatable bonds is 6. The number of carboxylic acid groups (broad SMARTS) is 1. The molecule has 1 rings (SSSR count). The van der Waals surface area contributed by atoms with E-state index in [1.165, 1.54) is 12.1 Å². The Hall–Kier alpha value is -1.55. The molecule has 0 saturated heterocycles. The number of esters is 1. The van der Waals surface area contributed by atoms with Gasteiger partial charge in [-0.3, -0.25) is 0 Å². The highest BCUT2D eigenvalue weighted by Gasteiger charge is 2.17. The summed E-state index contributed by atoms with van der Waals surface area (Å²) in [4.78, 5) is 22.7. The molecule has 0 aliphatic carbocycles. The lowest BCUT2D eigenvalue weighted by Crippen LogP contribution is -2.12. The van der Waals surface area contributed by atoms with Crippen molar-refractivity contribution >= 4 is 23.5 Å². The monoisotopic (exact) mass is 270 g/mol. The second-order valence-corrected chi connectivity index (χ2v) is 4.08. The molecule has 4 nitrogen and oxygen atoms in total. The molecule has 0 saturated carbocycles. The van der Waals surface area contributed by atoms with E-state index in [2.05, 4.69) is 0 Å². The van der Waals surface area contributed by atoms with Crippen LogP contribution in [0.2, 0.25) is 0 Å². The maximum Gasteiger partial charge on any atom is 0.338 e. The molecule has 0 atom stereocenters. The summed E-state index contributed by atoms with van der Waals surface area (Å²) >= 11 is 5.59. The molecule has 1 aromatic carbocycles. The summed E-state index contributed by atoms with van der Waals surface area (Å²) in [7, 11) is 0. The Morgan fingerprint density at radius 3 is 2.61 bits per heavy atom. The molecule has 0 aliphatic rings. The van der Waals surface area contributed by atoms with Crippen molar-refractivity contribution in [2.24, 2.45) is 0 Å². The molecule has 0 amide bonds. The highest BCUT2D eigenvalue weighted by molar-refractivity contribution is 6.17. The first-order chi connectivity index (χ1) is 8.60. The van der Waals surface area contributed by atoms with Gasteiger partial charge < -0.3 is 9.84 Å². The standard InChI is InChI=1S/C13H15ClO4/c1-2-18-13(17)10-6-5-9(4-3-7-14)8-11(10)12(15)16/h5-6,8H,2-4,7H2,1H3,(H,15,16). The number of aryl methyl sites for hydroxylation is 1. The lowest BCUT2D eigenvalue weighted by atomic mass is 10.0. The van der Waals surface area contributed by atoms with Crippen LogP contribution in [-0.2, 0) is 11.2 Å². The minimum atomic E-state index is -1.13. The number of hydrogen-bond donors (Lipinski definition) is 1. The molecule has 5 heteroatoms. The molecule has 0 fully saturated rings. The molecule has 0 heterocycles. The van der Waals surface area contributed by atoms with Crippen LogP contribution in [0.5, 0.6) is 0 Å². The number of carboxylic acids is 1. The van der Waals surface area contributed by atoms with E-state index in [4.69, 9.17) is 21.4 Å². The predicted molar refractivity (Wildman–Crippen MR) is 68.4 cm³/mol. The van der Waals surface area contributed by atoms with Gasteiger partial charge in [0.2, 0.25) is 0 Å². The first-order valence-corrected chi connectivity index (χ1v) is 6.23. The molecule has 0 bridgehead atoms. The van der Waals surface area contributed by atoms with Crippen molar-refractivity contribution in [3.05, 3.63) is 34.9 Å². The van der Waals surface area contributed by atoms with Crippen molar-refractivity contribution in [1.82, 2.24) is 0 Å². The zero-order chi connectivity index (χ0) is 13.5. The smallest absolute Gasteiger partial charge is 0.338 e. The van der Waals surface area contributed by atoms with E-state index in [0.29, 0.717) is 12.3 Å². The van der Waals surface area contributed by atoms with E-state index in [-0.39, 0.29) is 17.7 Å². The first kappa shape index (κ1) is 14.5. The van der Waals surface area contributed by atoms with Gasteiger partial charge in [0.15, 0.2) is 0 Å². The van der Waals surface area contributed by atoms with Gasteiger partial charge in [0.25, 0.3) is 0 Å².